The number of hydrogen-bond donors (Lipinski definition) is 6. The fourth-order valence-electron chi connectivity index (χ4n) is 1.84. The molecule has 9 heteroatoms. The lowest BCUT2D eigenvalue weighted by Crippen LogP contribution is -2.62. The summed E-state index contributed by atoms with van der Waals surface area (Å²) in [5.41, 5.74) is -0.253. The Bertz CT molecular complexity index is 388. The lowest BCUT2D eigenvalue weighted by molar-refractivity contribution is -0.130. The van der Waals surface area contributed by atoms with Crippen molar-refractivity contribution in [1.29, 1.82) is 0 Å². The van der Waals surface area contributed by atoms with Crippen LogP contribution in [0.1, 0.15) is 13.8 Å². The van der Waals surface area contributed by atoms with Gasteiger partial charge in [-0.15, -0.1) is 0 Å². The highest BCUT2D eigenvalue weighted by atomic mass is 32.1. The molecule has 0 bridgehead atoms. The van der Waals surface area contributed by atoms with Crippen LogP contribution in [0.15, 0.2) is 5.10 Å². The van der Waals surface area contributed by atoms with E-state index in [1.165, 1.54) is 12.1 Å². The van der Waals surface area contributed by atoms with E-state index in [-0.39, 0.29) is 10.8 Å². The van der Waals surface area contributed by atoms with Crippen LogP contribution in [0.5, 0.6) is 0 Å². The molecule has 21 heavy (non-hydrogen) atoms. The largest absolute Gasteiger partial charge is 0.387 e. The molecule has 0 aromatic rings. The SMILES string of the molecule is CC(C)CNC(=S)N(C)/N=C1\[C@@H](O)[C@@H](O)[C@@H](O)[C@H](O)[C@H]1O. The molecular formula is C12H23N3O5S. The second-order valence-electron chi connectivity index (χ2n) is 5.49. The molecule has 0 spiro atoms. The summed E-state index contributed by atoms with van der Waals surface area (Å²) in [6, 6.07) is 0. The minimum Gasteiger partial charge on any atom is -0.387 e. The number of nitrogens with zero attached hydrogens (tertiary/aromatic N) is 2. The van der Waals surface area contributed by atoms with Crippen LogP contribution in [-0.2, 0) is 0 Å². The lowest BCUT2D eigenvalue weighted by atomic mass is 9.85. The molecule has 1 aliphatic rings. The second-order valence-corrected chi connectivity index (χ2v) is 5.88. The fourth-order valence-corrected chi connectivity index (χ4v) is 1.97. The minimum absolute atomic E-state index is 0.253. The number of hydrazone groups is 1. The monoisotopic (exact) mass is 321 g/mol. The van der Waals surface area contributed by atoms with Crippen LogP contribution in [0.4, 0.5) is 0 Å². The third-order valence-corrected chi connectivity index (χ3v) is 3.58. The van der Waals surface area contributed by atoms with Gasteiger partial charge < -0.3 is 30.8 Å². The molecule has 0 amide bonds. The van der Waals surface area contributed by atoms with Gasteiger partial charge in [0.25, 0.3) is 0 Å². The number of thiocarbonyl (C=S) groups is 1. The lowest BCUT2D eigenvalue weighted by Gasteiger charge is -2.37. The molecule has 0 heterocycles. The zero-order chi connectivity index (χ0) is 16.3. The van der Waals surface area contributed by atoms with E-state index in [9.17, 15) is 25.5 Å². The molecule has 0 saturated heterocycles. The van der Waals surface area contributed by atoms with Crippen LogP contribution in [0.3, 0.4) is 0 Å². The van der Waals surface area contributed by atoms with E-state index in [4.69, 9.17) is 12.2 Å². The molecule has 1 aliphatic carbocycles. The molecule has 0 unspecified atom stereocenters. The van der Waals surface area contributed by atoms with Gasteiger partial charge in [-0.25, -0.2) is 5.01 Å². The summed E-state index contributed by atoms with van der Waals surface area (Å²) in [6.07, 6.45) is -8.09. The Morgan fingerprint density at radius 2 is 1.62 bits per heavy atom. The zero-order valence-corrected chi connectivity index (χ0v) is 13.0. The zero-order valence-electron chi connectivity index (χ0n) is 12.2. The van der Waals surface area contributed by atoms with Crippen molar-refractivity contribution in [3.05, 3.63) is 0 Å². The van der Waals surface area contributed by atoms with Crippen molar-refractivity contribution < 1.29 is 25.5 Å². The summed E-state index contributed by atoms with van der Waals surface area (Å²) in [7, 11) is 1.51. The molecule has 122 valence electrons. The molecule has 1 saturated carbocycles. The maximum atomic E-state index is 9.84. The normalized spacial score (nSPS) is 35.1. The summed E-state index contributed by atoms with van der Waals surface area (Å²) < 4.78 is 0. The Kier molecular flexibility index (Phi) is 6.44. The third-order valence-electron chi connectivity index (χ3n) is 3.17. The van der Waals surface area contributed by atoms with Crippen LogP contribution in [0.25, 0.3) is 0 Å². The van der Waals surface area contributed by atoms with Crippen molar-refractivity contribution in [3.63, 3.8) is 0 Å². The van der Waals surface area contributed by atoms with Gasteiger partial charge in [0.05, 0.1) is 0 Å². The molecule has 8 nitrogen and oxygen atoms in total. The first-order valence-corrected chi connectivity index (χ1v) is 7.07. The first kappa shape index (κ1) is 18.2. The van der Waals surface area contributed by atoms with E-state index in [0.29, 0.717) is 12.5 Å². The molecule has 1 rings (SSSR count). The Morgan fingerprint density at radius 1 is 1.14 bits per heavy atom. The molecule has 0 aromatic carbocycles. The van der Waals surface area contributed by atoms with Crippen LogP contribution < -0.4 is 5.32 Å². The third kappa shape index (κ3) is 4.31. The Hall–Kier alpha value is -0.840. The van der Waals surface area contributed by atoms with Gasteiger partial charge in [0.15, 0.2) is 5.11 Å². The topological polar surface area (TPSA) is 129 Å². The van der Waals surface area contributed by atoms with E-state index in [2.05, 4.69) is 10.4 Å². The standard InChI is InChI=1S/C12H23N3O5S/c1-5(2)4-13-12(21)15(3)14-6-7(16)9(18)11(20)10(19)8(6)17/h5,7-11,16-20H,4H2,1-3H3,(H,13,21)/b14-6-/t7-,8+,9+,10+,11-/m0/s1. The molecular weight excluding hydrogens is 298 g/mol. The predicted octanol–water partition coefficient (Wildman–Crippen LogP) is -2.38. The smallest absolute Gasteiger partial charge is 0.189 e. The summed E-state index contributed by atoms with van der Waals surface area (Å²) in [5.74, 6) is 0.369. The van der Waals surface area contributed by atoms with Crippen molar-refractivity contribution in [2.24, 2.45) is 11.0 Å². The van der Waals surface area contributed by atoms with Gasteiger partial charge >= 0.3 is 0 Å². The van der Waals surface area contributed by atoms with E-state index < -0.39 is 30.5 Å². The number of nitrogens with one attached hydrogen (secondary N) is 1. The maximum Gasteiger partial charge on any atom is 0.189 e. The van der Waals surface area contributed by atoms with Crippen molar-refractivity contribution in [2.45, 2.75) is 44.4 Å². The molecule has 1 fully saturated rings. The first-order chi connectivity index (χ1) is 9.66. The van der Waals surface area contributed by atoms with E-state index in [1.807, 2.05) is 13.8 Å². The average molecular weight is 321 g/mol. The van der Waals surface area contributed by atoms with Crippen molar-refractivity contribution in [1.82, 2.24) is 10.3 Å². The van der Waals surface area contributed by atoms with E-state index >= 15 is 0 Å². The molecule has 0 aliphatic heterocycles. The average Bonchev–Trinajstić information content (AvgIpc) is 2.44. The highest BCUT2D eigenvalue weighted by Gasteiger charge is 2.46. The fraction of sp³-hybridized carbons (Fsp3) is 0.833. The highest BCUT2D eigenvalue weighted by molar-refractivity contribution is 7.80. The van der Waals surface area contributed by atoms with Crippen LogP contribution in [-0.4, -0.2) is 85.5 Å². The summed E-state index contributed by atoms with van der Waals surface area (Å²) >= 11 is 5.09. The summed E-state index contributed by atoms with van der Waals surface area (Å²) in [6.45, 7) is 4.64. The number of aliphatic hydroxyl groups excluding tert-OH is 5. The van der Waals surface area contributed by atoms with E-state index in [0.717, 1.165) is 0 Å². The van der Waals surface area contributed by atoms with Gasteiger partial charge in [-0.05, 0) is 18.1 Å². The Labute approximate surface area is 128 Å². The first-order valence-electron chi connectivity index (χ1n) is 6.67. The predicted molar refractivity (Wildman–Crippen MR) is 80.7 cm³/mol. The summed E-state index contributed by atoms with van der Waals surface area (Å²) in [5, 5.41) is 56.7. The quantitative estimate of drug-likeness (QED) is 0.251. The van der Waals surface area contributed by atoms with Gasteiger partial charge in [0.2, 0.25) is 0 Å². The molecule has 6 N–H and O–H groups in total. The van der Waals surface area contributed by atoms with Crippen LogP contribution in [0.2, 0.25) is 0 Å². The van der Waals surface area contributed by atoms with Crippen LogP contribution in [0, 0.1) is 5.92 Å². The highest BCUT2D eigenvalue weighted by Crippen LogP contribution is 2.19. The van der Waals surface area contributed by atoms with Crippen molar-refractivity contribution in [3.8, 4) is 0 Å². The number of hydrogen-bond acceptors (Lipinski definition) is 7. The van der Waals surface area contributed by atoms with Gasteiger partial charge in [0.1, 0.15) is 36.2 Å². The number of aliphatic hydroxyl groups is 5. The van der Waals surface area contributed by atoms with Gasteiger partial charge in [0, 0.05) is 13.6 Å². The van der Waals surface area contributed by atoms with E-state index in [1.54, 1.807) is 0 Å². The Morgan fingerprint density at radius 3 is 2.05 bits per heavy atom. The van der Waals surface area contributed by atoms with Crippen LogP contribution >= 0.6 is 12.2 Å². The van der Waals surface area contributed by atoms with Gasteiger partial charge in [-0.1, -0.05) is 13.8 Å². The van der Waals surface area contributed by atoms with Gasteiger partial charge in [-0.2, -0.15) is 5.10 Å². The maximum absolute atomic E-state index is 9.84. The van der Waals surface area contributed by atoms with Crippen molar-refractivity contribution >= 4 is 23.0 Å². The van der Waals surface area contributed by atoms with Gasteiger partial charge in [-0.3, -0.25) is 0 Å². The molecule has 0 radical (unpaired) electrons. The number of rotatable bonds is 3. The second kappa shape index (κ2) is 7.43. The molecule has 5 atom stereocenters. The molecule has 0 aromatic heterocycles. The summed E-state index contributed by atoms with van der Waals surface area (Å²) in [4.78, 5) is 0. The Balaban J connectivity index is 2.83. The minimum atomic E-state index is -1.65. The van der Waals surface area contributed by atoms with Crippen molar-refractivity contribution in [2.75, 3.05) is 13.6 Å².